The van der Waals surface area contributed by atoms with Gasteiger partial charge in [-0.1, -0.05) is 13.8 Å². The van der Waals surface area contributed by atoms with Crippen LogP contribution in [0.5, 0.6) is 0 Å². The number of fused-ring (bicyclic) bond motifs is 1. The zero-order valence-corrected chi connectivity index (χ0v) is 14.7. The summed E-state index contributed by atoms with van der Waals surface area (Å²) < 4.78 is 2.04. The normalized spacial score (nSPS) is 15.3. The van der Waals surface area contributed by atoms with Crippen LogP contribution in [0, 0.1) is 5.92 Å². The molecule has 0 unspecified atom stereocenters. The van der Waals surface area contributed by atoms with Gasteiger partial charge in [0.05, 0.1) is 17.6 Å². The molecule has 4 N–H and O–H groups in total. The number of nitrogens with zero attached hydrogens (tertiary/aromatic N) is 2. The first-order valence-electron chi connectivity index (χ1n) is 8.75. The van der Waals surface area contributed by atoms with Crippen molar-refractivity contribution < 1.29 is 0 Å². The number of rotatable bonds is 4. The van der Waals surface area contributed by atoms with Crippen LogP contribution < -0.4 is 16.4 Å². The average Bonchev–Trinajstić information content (AvgIpc) is 2.90. The van der Waals surface area contributed by atoms with Gasteiger partial charge in [0.25, 0.3) is 0 Å². The molecular formula is C18H31N5. The Kier molecular flexibility index (Phi) is 6.86. The Morgan fingerprint density at radius 2 is 2.09 bits per heavy atom. The van der Waals surface area contributed by atoms with Crippen LogP contribution in [0.25, 0.3) is 11.0 Å². The van der Waals surface area contributed by atoms with Gasteiger partial charge in [-0.3, -0.25) is 0 Å². The summed E-state index contributed by atoms with van der Waals surface area (Å²) in [5.41, 5.74) is 8.89. The van der Waals surface area contributed by atoms with Crippen LogP contribution in [0.4, 0.5) is 5.69 Å². The van der Waals surface area contributed by atoms with Gasteiger partial charge < -0.3 is 20.9 Å². The quantitative estimate of drug-likeness (QED) is 0.811. The molecule has 0 spiro atoms. The van der Waals surface area contributed by atoms with Crippen molar-refractivity contribution in [2.24, 2.45) is 18.7 Å². The van der Waals surface area contributed by atoms with Crippen LogP contribution in [0.15, 0.2) is 18.2 Å². The van der Waals surface area contributed by atoms with Crippen molar-refractivity contribution in [1.82, 2.24) is 14.9 Å². The summed E-state index contributed by atoms with van der Waals surface area (Å²) in [6.45, 7) is 8.41. The molecule has 2 heterocycles. The van der Waals surface area contributed by atoms with Crippen LogP contribution in [-0.4, -0.2) is 29.2 Å². The van der Waals surface area contributed by atoms with Crippen LogP contribution in [0.2, 0.25) is 0 Å². The van der Waals surface area contributed by atoms with Crippen LogP contribution >= 0.6 is 0 Å². The van der Waals surface area contributed by atoms with E-state index in [4.69, 9.17) is 5.73 Å². The first-order chi connectivity index (χ1) is 11.2. The van der Waals surface area contributed by atoms with E-state index in [1.165, 1.54) is 25.9 Å². The number of hydrogen-bond donors (Lipinski definition) is 3. The maximum absolute atomic E-state index is 5.63. The Balaban J connectivity index is 0.000000229. The fourth-order valence-corrected chi connectivity index (χ4v) is 2.78. The van der Waals surface area contributed by atoms with Crippen molar-refractivity contribution in [2.45, 2.75) is 39.7 Å². The van der Waals surface area contributed by atoms with Gasteiger partial charge in [-0.25, -0.2) is 4.98 Å². The maximum Gasteiger partial charge on any atom is 0.123 e. The Labute approximate surface area is 139 Å². The summed E-state index contributed by atoms with van der Waals surface area (Å²) in [6.07, 6.45) is 3.87. The van der Waals surface area contributed by atoms with E-state index in [1.54, 1.807) is 0 Å². The Morgan fingerprint density at radius 3 is 2.65 bits per heavy atom. The molecule has 23 heavy (non-hydrogen) atoms. The van der Waals surface area contributed by atoms with E-state index in [1.807, 2.05) is 11.6 Å². The van der Waals surface area contributed by atoms with Gasteiger partial charge in [-0.15, -0.1) is 0 Å². The molecule has 0 radical (unpaired) electrons. The summed E-state index contributed by atoms with van der Waals surface area (Å²) in [7, 11) is 2.00. The molecule has 0 amide bonds. The molecule has 0 bridgehead atoms. The predicted molar refractivity (Wildman–Crippen MR) is 98.7 cm³/mol. The molecule has 2 aromatic rings. The standard InChI is InChI=1S/C12H18N4.C6H13N/c1-3-6-14-9-4-5-11-10(7-9)15-12(8-13)16(11)2;1-6-2-4-7-5-3-6/h4-5,7,14H,3,6,8,13H2,1-2H3;6-7H,2-5H2,1H3. The molecule has 1 fully saturated rings. The number of piperidine rings is 1. The van der Waals surface area contributed by atoms with E-state index in [0.29, 0.717) is 6.54 Å². The molecular weight excluding hydrogens is 286 g/mol. The molecule has 5 nitrogen and oxygen atoms in total. The van der Waals surface area contributed by atoms with Gasteiger partial charge >= 0.3 is 0 Å². The van der Waals surface area contributed by atoms with Crippen LogP contribution in [0.1, 0.15) is 38.9 Å². The van der Waals surface area contributed by atoms with Crippen LogP contribution in [-0.2, 0) is 13.6 Å². The topological polar surface area (TPSA) is 67.9 Å². The minimum absolute atomic E-state index is 0.475. The number of anilines is 1. The van der Waals surface area contributed by atoms with E-state index in [-0.39, 0.29) is 0 Å². The summed E-state index contributed by atoms with van der Waals surface area (Å²) in [5.74, 6) is 1.89. The van der Waals surface area contributed by atoms with Gasteiger partial charge in [0.1, 0.15) is 5.82 Å². The summed E-state index contributed by atoms with van der Waals surface area (Å²) in [6, 6.07) is 6.24. The fraction of sp³-hybridized carbons (Fsp3) is 0.611. The van der Waals surface area contributed by atoms with Crippen molar-refractivity contribution >= 4 is 16.7 Å². The first kappa shape index (κ1) is 17.8. The lowest BCUT2D eigenvalue weighted by molar-refractivity contribution is 0.402. The van der Waals surface area contributed by atoms with Gasteiger partial charge in [0, 0.05) is 19.3 Å². The van der Waals surface area contributed by atoms with E-state index in [0.717, 1.165) is 41.4 Å². The van der Waals surface area contributed by atoms with Crippen molar-refractivity contribution in [2.75, 3.05) is 25.0 Å². The smallest absolute Gasteiger partial charge is 0.123 e. The molecule has 128 valence electrons. The third-order valence-corrected chi connectivity index (χ3v) is 4.36. The van der Waals surface area contributed by atoms with Gasteiger partial charge in [0.15, 0.2) is 0 Å². The van der Waals surface area contributed by atoms with Crippen molar-refractivity contribution in [1.29, 1.82) is 0 Å². The molecule has 0 atom stereocenters. The zero-order chi connectivity index (χ0) is 16.7. The third-order valence-electron chi connectivity index (χ3n) is 4.36. The zero-order valence-electron chi connectivity index (χ0n) is 14.7. The second-order valence-electron chi connectivity index (χ2n) is 6.35. The molecule has 1 aromatic heterocycles. The monoisotopic (exact) mass is 317 g/mol. The molecule has 0 aliphatic carbocycles. The molecule has 5 heteroatoms. The summed E-state index contributed by atoms with van der Waals surface area (Å²) >= 11 is 0. The SMILES string of the molecule is CC1CCNCC1.CCCNc1ccc2c(c1)nc(CN)n2C. The van der Waals surface area contributed by atoms with Crippen molar-refractivity contribution in [3.8, 4) is 0 Å². The molecule has 3 rings (SSSR count). The van der Waals surface area contributed by atoms with Gasteiger partial charge in [-0.05, 0) is 56.5 Å². The Morgan fingerprint density at radius 1 is 1.35 bits per heavy atom. The second kappa shape index (κ2) is 8.89. The van der Waals surface area contributed by atoms with E-state index >= 15 is 0 Å². The maximum atomic E-state index is 5.63. The van der Waals surface area contributed by atoms with E-state index in [9.17, 15) is 0 Å². The number of benzene rings is 1. The number of nitrogens with two attached hydrogens (primary N) is 1. The fourth-order valence-electron chi connectivity index (χ4n) is 2.78. The number of aryl methyl sites for hydroxylation is 1. The van der Waals surface area contributed by atoms with Crippen LogP contribution in [0.3, 0.4) is 0 Å². The second-order valence-corrected chi connectivity index (χ2v) is 6.35. The lowest BCUT2D eigenvalue weighted by atomic mass is 10.0. The van der Waals surface area contributed by atoms with E-state index < -0.39 is 0 Å². The molecule has 1 saturated heterocycles. The number of aromatic nitrogens is 2. The van der Waals surface area contributed by atoms with Crippen molar-refractivity contribution in [3.63, 3.8) is 0 Å². The first-order valence-corrected chi connectivity index (χ1v) is 8.75. The van der Waals surface area contributed by atoms with E-state index in [2.05, 4.69) is 47.7 Å². The molecule has 1 aliphatic heterocycles. The highest BCUT2D eigenvalue weighted by Gasteiger charge is 2.06. The lowest BCUT2D eigenvalue weighted by Crippen LogP contribution is -2.26. The highest BCUT2D eigenvalue weighted by Crippen LogP contribution is 2.19. The minimum Gasteiger partial charge on any atom is -0.385 e. The average molecular weight is 317 g/mol. The minimum atomic E-state index is 0.475. The number of nitrogens with one attached hydrogen (secondary N) is 2. The third kappa shape index (κ3) is 4.94. The van der Waals surface area contributed by atoms with Gasteiger partial charge in [0.2, 0.25) is 0 Å². The number of imidazole rings is 1. The van der Waals surface area contributed by atoms with Gasteiger partial charge in [-0.2, -0.15) is 0 Å². The predicted octanol–water partition coefficient (Wildman–Crippen LogP) is 2.86. The molecule has 1 aliphatic rings. The lowest BCUT2D eigenvalue weighted by Gasteiger charge is -2.17. The largest absolute Gasteiger partial charge is 0.385 e. The summed E-state index contributed by atoms with van der Waals surface area (Å²) in [5, 5.41) is 6.67. The Bertz CT molecular complexity index is 599. The van der Waals surface area contributed by atoms with Crippen molar-refractivity contribution in [3.05, 3.63) is 24.0 Å². The Hall–Kier alpha value is -1.59. The number of hydrogen-bond acceptors (Lipinski definition) is 4. The highest BCUT2D eigenvalue weighted by atomic mass is 15.1. The highest BCUT2D eigenvalue weighted by molar-refractivity contribution is 5.80. The molecule has 1 aromatic carbocycles. The molecule has 0 saturated carbocycles. The summed E-state index contributed by atoms with van der Waals surface area (Å²) in [4.78, 5) is 4.50.